The van der Waals surface area contributed by atoms with Crippen LogP contribution in [0.1, 0.15) is 36.8 Å². The van der Waals surface area contributed by atoms with Gasteiger partial charge in [-0.3, -0.25) is 0 Å². The average Bonchev–Trinajstić information content (AvgIpc) is 3.43. The highest BCUT2D eigenvalue weighted by molar-refractivity contribution is 5.69. The van der Waals surface area contributed by atoms with Crippen LogP contribution in [0.4, 0.5) is 11.4 Å². The van der Waals surface area contributed by atoms with Crippen LogP contribution in [-0.4, -0.2) is 26.4 Å². The Morgan fingerprint density at radius 2 is 2.00 bits per heavy atom. The summed E-state index contributed by atoms with van der Waals surface area (Å²) in [4.78, 5) is 2.38. The lowest BCUT2D eigenvalue weighted by Crippen LogP contribution is -2.29. The Morgan fingerprint density at radius 3 is 2.79 bits per heavy atom. The molecule has 24 heavy (non-hydrogen) atoms. The zero-order valence-electron chi connectivity index (χ0n) is 14.5. The maximum Gasteiger partial charge on any atom is 0.120 e. The van der Waals surface area contributed by atoms with E-state index in [1.165, 1.54) is 35.3 Å². The fraction of sp³-hybridized carbons (Fsp3) is 0.429. The van der Waals surface area contributed by atoms with Crippen LogP contribution in [0.15, 0.2) is 42.5 Å². The second kappa shape index (κ2) is 6.48. The van der Waals surface area contributed by atoms with Crippen molar-refractivity contribution < 1.29 is 9.47 Å². The summed E-state index contributed by atoms with van der Waals surface area (Å²) in [5.74, 6) is 1.66. The first-order valence-electron chi connectivity index (χ1n) is 8.90. The molecule has 0 radical (unpaired) electrons. The number of rotatable bonds is 3. The van der Waals surface area contributed by atoms with Crippen LogP contribution in [0, 0.1) is 0 Å². The Morgan fingerprint density at radius 1 is 1.12 bits per heavy atom. The van der Waals surface area contributed by atoms with E-state index in [1.54, 1.807) is 7.11 Å². The number of hydrogen-bond donors (Lipinski definition) is 0. The second-order valence-corrected chi connectivity index (χ2v) is 6.90. The van der Waals surface area contributed by atoms with Gasteiger partial charge in [-0.05, 0) is 55.0 Å². The molecule has 2 aliphatic rings. The first kappa shape index (κ1) is 15.5. The Hall–Kier alpha value is -2.00. The minimum absolute atomic E-state index is 0.267. The summed E-state index contributed by atoms with van der Waals surface area (Å²) in [5, 5.41) is 0. The first-order chi connectivity index (χ1) is 11.7. The molecule has 1 unspecified atom stereocenters. The van der Waals surface area contributed by atoms with E-state index in [4.69, 9.17) is 9.47 Å². The molecule has 0 aromatic heterocycles. The quantitative estimate of drug-likeness (QED) is 0.819. The lowest BCUT2D eigenvalue weighted by Gasteiger charge is -2.31. The van der Waals surface area contributed by atoms with Gasteiger partial charge in [0.05, 0.1) is 19.8 Å². The molecule has 1 aliphatic heterocycles. The third kappa shape index (κ3) is 3.13. The van der Waals surface area contributed by atoms with Gasteiger partial charge in [-0.15, -0.1) is 0 Å². The molecule has 2 aromatic carbocycles. The van der Waals surface area contributed by atoms with Gasteiger partial charge in [0.25, 0.3) is 0 Å². The van der Waals surface area contributed by atoms with Gasteiger partial charge in [0.2, 0.25) is 0 Å². The maximum absolute atomic E-state index is 5.97. The Bertz CT molecular complexity index is 724. The molecule has 0 bridgehead atoms. The Kier molecular flexibility index (Phi) is 4.19. The van der Waals surface area contributed by atoms with Gasteiger partial charge in [-0.25, -0.2) is 0 Å². The summed E-state index contributed by atoms with van der Waals surface area (Å²) in [6.45, 7) is 3.77. The molecule has 0 saturated heterocycles. The highest BCUT2D eigenvalue weighted by atomic mass is 16.5. The van der Waals surface area contributed by atoms with Gasteiger partial charge in [0, 0.05) is 30.4 Å². The third-order valence-corrected chi connectivity index (χ3v) is 5.04. The molecule has 1 aliphatic carbocycles. The molecular formula is C21H25NO2. The molecule has 3 nitrogen and oxygen atoms in total. The predicted molar refractivity (Wildman–Crippen MR) is 97.5 cm³/mol. The van der Waals surface area contributed by atoms with Gasteiger partial charge in [-0.2, -0.15) is 0 Å². The molecule has 3 heteroatoms. The van der Waals surface area contributed by atoms with Crippen molar-refractivity contribution in [2.45, 2.75) is 38.2 Å². The topological polar surface area (TPSA) is 21.7 Å². The van der Waals surface area contributed by atoms with Crippen molar-refractivity contribution in [1.29, 1.82) is 0 Å². The lowest BCUT2D eigenvalue weighted by molar-refractivity contribution is 0.0703. The number of ether oxygens (including phenoxy) is 2. The van der Waals surface area contributed by atoms with E-state index < -0.39 is 0 Å². The molecule has 126 valence electrons. The van der Waals surface area contributed by atoms with Crippen molar-refractivity contribution in [3.05, 3.63) is 53.6 Å². The fourth-order valence-electron chi connectivity index (χ4n) is 3.56. The summed E-state index contributed by atoms with van der Waals surface area (Å²) in [6.07, 6.45) is 3.89. The van der Waals surface area contributed by atoms with Crippen LogP contribution in [0.3, 0.4) is 0 Å². The van der Waals surface area contributed by atoms with Crippen molar-refractivity contribution in [3.63, 3.8) is 0 Å². The molecule has 4 rings (SSSR count). The van der Waals surface area contributed by atoms with E-state index in [2.05, 4.69) is 48.2 Å². The minimum atomic E-state index is 0.267. The number of hydrogen-bond acceptors (Lipinski definition) is 3. The van der Waals surface area contributed by atoms with Crippen LogP contribution in [0.25, 0.3) is 0 Å². The molecular weight excluding hydrogens is 298 g/mol. The van der Waals surface area contributed by atoms with E-state index in [-0.39, 0.29) is 6.10 Å². The Balaban J connectivity index is 1.78. The molecule has 0 amide bonds. The van der Waals surface area contributed by atoms with E-state index in [0.29, 0.717) is 0 Å². The zero-order valence-corrected chi connectivity index (χ0v) is 14.5. The van der Waals surface area contributed by atoms with E-state index in [0.717, 1.165) is 31.2 Å². The minimum Gasteiger partial charge on any atom is -0.497 e. The predicted octanol–water partition coefficient (Wildman–Crippen LogP) is 4.67. The molecule has 1 saturated carbocycles. The second-order valence-electron chi connectivity index (χ2n) is 6.90. The summed E-state index contributed by atoms with van der Waals surface area (Å²) < 4.78 is 11.4. The standard InChI is InChI=1S/C21H25NO2/c1-15-12-18-9-8-17(16-6-7-16)13-21(18)22(10-11-24-15)19-4-3-5-20(14-19)23-2/h3-5,8-9,13-16H,6-7,10-12H2,1-2H3. The van der Waals surface area contributed by atoms with Crippen LogP contribution in [0.5, 0.6) is 5.75 Å². The normalized spacial score (nSPS) is 20.9. The fourth-order valence-corrected chi connectivity index (χ4v) is 3.56. The van der Waals surface area contributed by atoms with Crippen molar-refractivity contribution in [1.82, 2.24) is 0 Å². The smallest absolute Gasteiger partial charge is 0.120 e. The molecule has 2 aromatic rings. The average molecular weight is 323 g/mol. The van der Waals surface area contributed by atoms with Crippen LogP contribution in [-0.2, 0) is 11.2 Å². The van der Waals surface area contributed by atoms with E-state index in [1.807, 2.05) is 6.07 Å². The molecule has 1 fully saturated rings. The monoisotopic (exact) mass is 323 g/mol. The highest BCUT2D eigenvalue weighted by Crippen LogP contribution is 2.43. The lowest BCUT2D eigenvalue weighted by atomic mass is 9.99. The number of anilines is 2. The summed E-state index contributed by atoms with van der Waals surface area (Å²) in [7, 11) is 1.72. The number of nitrogens with zero attached hydrogens (tertiary/aromatic N) is 1. The SMILES string of the molecule is COc1cccc(N2CCOC(C)Cc3ccc(C4CC4)cc32)c1. The van der Waals surface area contributed by atoms with Crippen molar-refractivity contribution in [2.75, 3.05) is 25.2 Å². The van der Waals surface area contributed by atoms with Crippen molar-refractivity contribution in [2.24, 2.45) is 0 Å². The summed E-state index contributed by atoms with van der Waals surface area (Å²) in [6, 6.07) is 15.3. The maximum atomic E-state index is 5.97. The van der Waals surface area contributed by atoms with Crippen molar-refractivity contribution in [3.8, 4) is 5.75 Å². The molecule has 0 spiro atoms. The third-order valence-electron chi connectivity index (χ3n) is 5.04. The molecule has 1 heterocycles. The largest absolute Gasteiger partial charge is 0.497 e. The van der Waals surface area contributed by atoms with Gasteiger partial charge in [0.15, 0.2) is 0 Å². The highest BCUT2D eigenvalue weighted by Gasteiger charge is 2.26. The van der Waals surface area contributed by atoms with Crippen LogP contribution < -0.4 is 9.64 Å². The van der Waals surface area contributed by atoms with Gasteiger partial charge in [0.1, 0.15) is 5.75 Å². The number of benzene rings is 2. The molecule has 0 N–H and O–H groups in total. The van der Waals surface area contributed by atoms with E-state index in [9.17, 15) is 0 Å². The summed E-state index contributed by atoms with van der Waals surface area (Å²) in [5.41, 5.74) is 5.36. The van der Waals surface area contributed by atoms with Crippen LogP contribution >= 0.6 is 0 Å². The first-order valence-corrected chi connectivity index (χ1v) is 8.90. The van der Waals surface area contributed by atoms with Crippen molar-refractivity contribution >= 4 is 11.4 Å². The number of fused-ring (bicyclic) bond motifs is 1. The Labute approximate surface area is 144 Å². The number of methoxy groups -OCH3 is 1. The molecule has 1 atom stereocenters. The van der Waals surface area contributed by atoms with Gasteiger partial charge in [-0.1, -0.05) is 18.2 Å². The zero-order chi connectivity index (χ0) is 16.5. The van der Waals surface area contributed by atoms with Gasteiger partial charge < -0.3 is 14.4 Å². The summed E-state index contributed by atoms with van der Waals surface area (Å²) >= 11 is 0. The van der Waals surface area contributed by atoms with Crippen LogP contribution in [0.2, 0.25) is 0 Å². The van der Waals surface area contributed by atoms with E-state index >= 15 is 0 Å². The van der Waals surface area contributed by atoms with Gasteiger partial charge >= 0.3 is 0 Å².